The summed E-state index contributed by atoms with van der Waals surface area (Å²) in [5.41, 5.74) is 8.28. The van der Waals surface area contributed by atoms with Gasteiger partial charge in [-0.3, -0.25) is 9.97 Å². The van der Waals surface area contributed by atoms with E-state index in [2.05, 4.69) is 25.9 Å². The first kappa shape index (κ1) is 12.2. The Labute approximate surface area is 109 Å². The van der Waals surface area contributed by atoms with E-state index in [-0.39, 0.29) is 6.04 Å². The molecule has 17 heavy (non-hydrogen) atoms. The summed E-state index contributed by atoms with van der Waals surface area (Å²) in [4.78, 5) is 8.40. The minimum atomic E-state index is 0.0767. The van der Waals surface area contributed by atoms with Crippen molar-refractivity contribution < 1.29 is 0 Å². The molecule has 0 fully saturated rings. The highest BCUT2D eigenvalue weighted by atomic mass is 79.9. The van der Waals surface area contributed by atoms with Gasteiger partial charge in [0.1, 0.15) is 0 Å². The second-order valence-electron chi connectivity index (χ2n) is 4.00. The van der Waals surface area contributed by atoms with Crippen LogP contribution < -0.4 is 5.73 Å². The fourth-order valence-corrected chi connectivity index (χ4v) is 1.92. The van der Waals surface area contributed by atoms with E-state index in [0.717, 1.165) is 28.6 Å². The molecule has 3 nitrogen and oxygen atoms in total. The molecular weight excluding hydrogens is 278 g/mol. The fraction of sp³-hybridized carbons (Fsp3) is 0.231. The maximum atomic E-state index is 6.10. The highest BCUT2D eigenvalue weighted by Crippen LogP contribution is 2.09. The summed E-state index contributed by atoms with van der Waals surface area (Å²) >= 11 is 3.36. The third kappa shape index (κ3) is 3.91. The van der Waals surface area contributed by atoms with E-state index < -0.39 is 0 Å². The third-order valence-electron chi connectivity index (χ3n) is 2.48. The lowest BCUT2D eigenvalue weighted by molar-refractivity contribution is 0.652. The van der Waals surface area contributed by atoms with E-state index >= 15 is 0 Å². The summed E-state index contributed by atoms with van der Waals surface area (Å²) in [6.07, 6.45) is 7.03. The molecule has 0 aliphatic rings. The maximum Gasteiger partial charge on any atom is 0.0420 e. The quantitative estimate of drug-likeness (QED) is 0.941. The Kier molecular flexibility index (Phi) is 4.23. The molecule has 2 aromatic rings. The Bertz CT molecular complexity index is 456. The number of halogens is 1. The second kappa shape index (κ2) is 5.89. The van der Waals surface area contributed by atoms with Crippen LogP contribution in [0.5, 0.6) is 0 Å². The van der Waals surface area contributed by atoms with Gasteiger partial charge in [-0.05, 0) is 46.1 Å². The maximum absolute atomic E-state index is 6.10. The van der Waals surface area contributed by atoms with Crippen molar-refractivity contribution in [3.05, 3.63) is 58.6 Å². The SMILES string of the molecule is NC(Cc1cccnc1)Cc1ccc(Br)cn1. The zero-order valence-electron chi connectivity index (χ0n) is 9.38. The van der Waals surface area contributed by atoms with Crippen molar-refractivity contribution in [3.8, 4) is 0 Å². The zero-order chi connectivity index (χ0) is 12.1. The van der Waals surface area contributed by atoms with E-state index in [0.29, 0.717) is 0 Å². The van der Waals surface area contributed by atoms with Crippen molar-refractivity contribution in [2.45, 2.75) is 18.9 Å². The molecule has 0 aliphatic carbocycles. The first-order chi connectivity index (χ1) is 8.24. The lowest BCUT2D eigenvalue weighted by Gasteiger charge is -2.10. The molecule has 1 unspecified atom stereocenters. The predicted octanol–water partition coefficient (Wildman–Crippen LogP) is 2.35. The molecule has 2 rings (SSSR count). The van der Waals surface area contributed by atoms with E-state index in [9.17, 15) is 0 Å². The van der Waals surface area contributed by atoms with Gasteiger partial charge >= 0.3 is 0 Å². The lowest BCUT2D eigenvalue weighted by atomic mass is 10.0. The normalized spacial score (nSPS) is 12.4. The highest BCUT2D eigenvalue weighted by molar-refractivity contribution is 9.10. The summed E-state index contributed by atoms with van der Waals surface area (Å²) in [6.45, 7) is 0. The molecule has 0 aliphatic heterocycles. The summed E-state index contributed by atoms with van der Waals surface area (Å²) in [6, 6.07) is 8.03. The van der Waals surface area contributed by atoms with Crippen LogP contribution in [0, 0.1) is 0 Å². The van der Waals surface area contributed by atoms with Crippen molar-refractivity contribution in [1.29, 1.82) is 0 Å². The van der Waals surface area contributed by atoms with E-state index in [1.165, 1.54) is 0 Å². The van der Waals surface area contributed by atoms with Gasteiger partial charge in [0.05, 0.1) is 0 Å². The molecule has 2 N–H and O–H groups in total. The Balaban J connectivity index is 1.93. The van der Waals surface area contributed by atoms with E-state index in [1.54, 1.807) is 12.4 Å². The van der Waals surface area contributed by atoms with Gasteiger partial charge in [0.2, 0.25) is 0 Å². The topological polar surface area (TPSA) is 51.8 Å². The molecule has 0 bridgehead atoms. The molecule has 1 atom stereocenters. The Morgan fingerprint density at radius 2 is 2.06 bits per heavy atom. The predicted molar refractivity (Wildman–Crippen MR) is 71.6 cm³/mol. The van der Waals surface area contributed by atoms with Crippen molar-refractivity contribution in [3.63, 3.8) is 0 Å². The van der Waals surface area contributed by atoms with Crippen LogP contribution in [0.1, 0.15) is 11.3 Å². The van der Waals surface area contributed by atoms with Crippen LogP contribution in [-0.4, -0.2) is 16.0 Å². The van der Waals surface area contributed by atoms with Crippen LogP contribution >= 0.6 is 15.9 Å². The highest BCUT2D eigenvalue weighted by Gasteiger charge is 2.06. The molecule has 0 saturated carbocycles. The van der Waals surface area contributed by atoms with Crippen molar-refractivity contribution in [2.24, 2.45) is 5.73 Å². The molecule has 0 spiro atoms. The first-order valence-electron chi connectivity index (χ1n) is 5.49. The number of pyridine rings is 2. The summed E-state index contributed by atoms with van der Waals surface area (Å²) < 4.78 is 0.988. The van der Waals surface area contributed by atoms with Crippen LogP contribution in [0.25, 0.3) is 0 Å². The number of hydrogen-bond acceptors (Lipinski definition) is 3. The minimum absolute atomic E-state index is 0.0767. The molecule has 0 amide bonds. The van der Waals surface area contributed by atoms with E-state index in [1.807, 2.05) is 30.5 Å². The molecule has 88 valence electrons. The van der Waals surface area contributed by atoms with Crippen LogP contribution in [0.3, 0.4) is 0 Å². The van der Waals surface area contributed by atoms with E-state index in [4.69, 9.17) is 5.73 Å². The number of rotatable bonds is 4. The van der Waals surface area contributed by atoms with Crippen LogP contribution in [0.4, 0.5) is 0 Å². The average molecular weight is 292 g/mol. The first-order valence-corrected chi connectivity index (χ1v) is 6.28. The van der Waals surface area contributed by atoms with Gasteiger partial charge in [0.25, 0.3) is 0 Å². The largest absolute Gasteiger partial charge is 0.327 e. The Hall–Kier alpha value is -1.26. The molecule has 0 saturated heterocycles. The van der Waals surface area contributed by atoms with Crippen LogP contribution in [-0.2, 0) is 12.8 Å². The number of hydrogen-bond donors (Lipinski definition) is 1. The van der Waals surface area contributed by atoms with Gasteiger partial charge in [-0.25, -0.2) is 0 Å². The van der Waals surface area contributed by atoms with Gasteiger partial charge in [-0.15, -0.1) is 0 Å². The fourth-order valence-electron chi connectivity index (χ4n) is 1.69. The molecular formula is C13H14BrN3. The number of nitrogens with zero attached hydrogens (tertiary/aromatic N) is 2. The number of nitrogens with two attached hydrogens (primary N) is 1. The van der Waals surface area contributed by atoms with Crippen LogP contribution in [0.2, 0.25) is 0 Å². The van der Waals surface area contributed by atoms with Gasteiger partial charge in [-0.2, -0.15) is 0 Å². The summed E-state index contributed by atoms with van der Waals surface area (Å²) in [7, 11) is 0. The summed E-state index contributed by atoms with van der Waals surface area (Å²) in [5.74, 6) is 0. The van der Waals surface area contributed by atoms with Crippen molar-refractivity contribution in [2.75, 3.05) is 0 Å². The van der Waals surface area contributed by atoms with Gasteiger partial charge < -0.3 is 5.73 Å². The average Bonchev–Trinajstić information content (AvgIpc) is 2.33. The number of aromatic nitrogens is 2. The molecule has 4 heteroatoms. The smallest absolute Gasteiger partial charge is 0.0420 e. The zero-order valence-corrected chi connectivity index (χ0v) is 11.0. The Morgan fingerprint density at radius 1 is 1.18 bits per heavy atom. The molecule has 0 aromatic carbocycles. The van der Waals surface area contributed by atoms with Crippen LogP contribution in [0.15, 0.2) is 47.3 Å². The third-order valence-corrected chi connectivity index (χ3v) is 2.95. The standard InChI is InChI=1S/C13H14BrN3/c14-11-3-4-13(17-9-11)7-12(15)6-10-2-1-5-16-8-10/h1-5,8-9,12H,6-7,15H2. The molecule has 2 heterocycles. The molecule has 0 radical (unpaired) electrons. The van der Waals surface area contributed by atoms with Crippen molar-refractivity contribution in [1.82, 2.24) is 9.97 Å². The lowest BCUT2D eigenvalue weighted by Crippen LogP contribution is -2.25. The minimum Gasteiger partial charge on any atom is -0.327 e. The monoisotopic (exact) mass is 291 g/mol. The second-order valence-corrected chi connectivity index (χ2v) is 4.91. The van der Waals surface area contributed by atoms with Crippen molar-refractivity contribution >= 4 is 15.9 Å². The van der Waals surface area contributed by atoms with Gasteiger partial charge in [-0.1, -0.05) is 6.07 Å². The van der Waals surface area contributed by atoms with Gasteiger partial charge in [0, 0.05) is 41.2 Å². The summed E-state index contributed by atoms with van der Waals surface area (Å²) in [5, 5.41) is 0. The van der Waals surface area contributed by atoms with Gasteiger partial charge in [0.15, 0.2) is 0 Å². The Morgan fingerprint density at radius 3 is 2.71 bits per heavy atom. The molecule has 2 aromatic heterocycles.